The maximum Gasteiger partial charge on any atom is 0.255 e. The molecule has 0 aromatic carbocycles. The Morgan fingerprint density at radius 1 is 1.50 bits per heavy atom. The average molecular weight is 277 g/mol. The van der Waals surface area contributed by atoms with Crippen LogP contribution in [0.1, 0.15) is 31.1 Å². The van der Waals surface area contributed by atoms with Crippen LogP contribution in [-0.4, -0.2) is 63.6 Å². The maximum atomic E-state index is 12.4. The van der Waals surface area contributed by atoms with E-state index in [1.807, 2.05) is 18.7 Å². The number of piperazine rings is 1. The Morgan fingerprint density at radius 3 is 2.80 bits per heavy atom. The van der Waals surface area contributed by atoms with E-state index in [0.29, 0.717) is 25.2 Å². The molecule has 1 amide bonds. The highest BCUT2D eigenvalue weighted by Crippen LogP contribution is 2.15. The van der Waals surface area contributed by atoms with Crippen molar-refractivity contribution < 1.29 is 9.90 Å². The average Bonchev–Trinajstić information content (AvgIpc) is 2.40. The Kier molecular flexibility index (Phi) is 4.40. The van der Waals surface area contributed by atoms with Crippen molar-refractivity contribution in [3.05, 3.63) is 30.1 Å². The van der Waals surface area contributed by atoms with Gasteiger partial charge < -0.3 is 10.0 Å². The first kappa shape index (κ1) is 14.9. The standard InChI is InChI=1S/C15H23N3O2/c1-12-10-17(7-8-18(12)11-15(2,3)20)14(19)13-5-4-6-16-9-13/h4-6,9,12,20H,7-8,10-11H2,1-3H3. The van der Waals surface area contributed by atoms with E-state index in [4.69, 9.17) is 0 Å². The summed E-state index contributed by atoms with van der Waals surface area (Å²) in [6.07, 6.45) is 3.27. The Morgan fingerprint density at radius 2 is 2.25 bits per heavy atom. The zero-order chi connectivity index (χ0) is 14.8. The summed E-state index contributed by atoms with van der Waals surface area (Å²) in [5, 5.41) is 9.91. The van der Waals surface area contributed by atoms with Crippen molar-refractivity contribution in [2.45, 2.75) is 32.4 Å². The highest BCUT2D eigenvalue weighted by Gasteiger charge is 2.30. The van der Waals surface area contributed by atoms with Gasteiger partial charge in [0.15, 0.2) is 0 Å². The molecule has 0 bridgehead atoms. The fraction of sp³-hybridized carbons (Fsp3) is 0.600. The fourth-order valence-corrected chi connectivity index (χ4v) is 2.58. The lowest BCUT2D eigenvalue weighted by atomic mass is 10.1. The number of aliphatic hydroxyl groups is 1. The number of β-amino-alcohol motifs (C(OH)–C–C–N with tert-alkyl or cyclic N) is 1. The molecule has 5 heteroatoms. The van der Waals surface area contributed by atoms with Crippen molar-refractivity contribution in [1.82, 2.24) is 14.8 Å². The molecule has 1 fully saturated rings. The summed E-state index contributed by atoms with van der Waals surface area (Å²) in [5.41, 5.74) is -0.0697. The van der Waals surface area contributed by atoms with Crippen LogP contribution in [0.25, 0.3) is 0 Å². The first-order chi connectivity index (χ1) is 9.37. The van der Waals surface area contributed by atoms with Crippen LogP contribution in [0.4, 0.5) is 0 Å². The lowest BCUT2D eigenvalue weighted by Crippen LogP contribution is -2.56. The molecular formula is C15H23N3O2. The summed E-state index contributed by atoms with van der Waals surface area (Å²) < 4.78 is 0. The number of carbonyl (C=O) groups excluding carboxylic acids is 1. The number of carbonyl (C=O) groups is 1. The van der Waals surface area contributed by atoms with Crippen LogP contribution in [0.3, 0.4) is 0 Å². The summed E-state index contributed by atoms with van der Waals surface area (Å²) in [6.45, 7) is 8.51. The van der Waals surface area contributed by atoms with E-state index in [-0.39, 0.29) is 11.9 Å². The third kappa shape index (κ3) is 3.77. The predicted molar refractivity (Wildman–Crippen MR) is 77.5 cm³/mol. The molecule has 1 saturated heterocycles. The van der Waals surface area contributed by atoms with Crippen LogP contribution in [0.15, 0.2) is 24.5 Å². The number of rotatable bonds is 3. The summed E-state index contributed by atoms with van der Waals surface area (Å²) in [5.74, 6) is 0.0351. The number of hydrogen-bond acceptors (Lipinski definition) is 4. The molecule has 20 heavy (non-hydrogen) atoms. The van der Waals surface area contributed by atoms with Gasteiger partial charge in [-0.25, -0.2) is 0 Å². The van der Waals surface area contributed by atoms with Gasteiger partial charge in [0.05, 0.1) is 11.2 Å². The molecule has 0 radical (unpaired) electrons. The lowest BCUT2D eigenvalue weighted by molar-refractivity contribution is -0.00144. The number of pyridine rings is 1. The van der Waals surface area contributed by atoms with E-state index < -0.39 is 5.60 Å². The van der Waals surface area contributed by atoms with Gasteiger partial charge >= 0.3 is 0 Å². The van der Waals surface area contributed by atoms with Gasteiger partial charge in [-0.3, -0.25) is 14.7 Å². The second-order valence-corrected chi connectivity index (χ2v) is 6.12. The quantitative estimate of drug-likeness (QED) is 0.895. The third-order valence-corrected chi connectivity index (χ3v) is 3.55. The van der Waals surface area contributed by atoms with Gasteiger partial charge in [-0.2, -0.15) is 0 Å². The number of hydrogen-bond donors (Lipinski definition) is 1. The van der Waals surface area contributed by atoms with E-state index in [1.165, 1.54) is 0 Å². The first-order valence-electron chi connectivity index (χ1n) is 7.02. The molecule has 1 aliphatic heterocycles. The lowest BCUT2D eigenvalue weighted by Gasteiger charge is -2.42. The van der Waals surface area contributed by atoms with Gasteiger partial charge in [-0.15, -0.1) is 0 Å². The molecule has 1 N–H and O–H groups in total. The summed E-state index contributed by atoms with van der Waals surface area (Å²) in [4.78, 5) is 20.4. The van der Waals surface area contributed by atoms with Crippen LogP contribution >= 0.6 is 0 Å². The van der Waals surface area contributed by atoms with E-state index in [1.54, 1.807) is 24.5 Å². The molecule has 1 atom stereocenters. The molecule has 1 aromatic rings. The van der Waals surface area contributed by atoms with Crippen LogP contribution in [0.5, 0.6) is 0 Å². The van der Waals surface area contributed by atoms with Crippen molar-refractivity contribution in [3.8, 4) is 0 Å². The highest BCUT2D eigenvalue weighted by atomic mass is 16.3. The van der Waals surface area contributed by atoms with Crippen molar-refractivity contribution in [1.29, 1.82) is 0 Å². The minimum atomic E-state index is -0.705. The molecule has 5 nitrogen and oxygen atoms in total. The minimum Gasteiger partial charge on any atom is -0.389 e. The van der Waals surface area contributed by atoms with E-state index in [9.17, 15) is 9.90 Å². The van der Waals surface area contributed by atoms with E-state index in [0.717, 1.165) is 6.54 Å². The second kappa shape index (κ2) is 5.89. The Hall–Kier alpha value is -1.46. The molecule has 110 valence electrons. The topological polar surface area (TPSA) is 56.7 Å². The van der Waals surface area contributed by atoms with Gasteiger partial charge in [-0.1, -0.05) is 0 Å². The van der Waals surface area contributed by atoms with Crippen molar-refractivity contribution in [2.24, 2.45) is 0 Å². The normalized spacial score (nSPS) is 21.0. The largest absolute Gasteiger partial charge is 0.389 e. The van der Waals surface area contributed by atoms with Gasteiger partial charge in [0, 0.05) is 44.6 Å². The number of aromatic nitrogens is 1. The minimum absolute atomic E-state index is 0.0351. The van der Waals surface area contributed by atoms with Crippen LogP contribution in [-0.2, 0) is 0 Å². The SMILES string of the molecule is CC1CN(C(=O)c2cccnc2)CCN1CC(C)(C)O. The van der Waals surface area contributed by atoms with Gasteiger partial charge in [-0.05, 0) is 32.9 Å². The van der Waals surface area contributed by atoms with Crippen molar-refractivity contribution in [2.75, 3.05) is 26.2 Å². The van der Waals surface area contributed by atoms with Crippen LogP contribution in [0.2, 0.25) is 0 Å². The zero-order valence-electron chi connectivity index (χ0n) is 12.4. The van der Waals surface area contributed by atoms with Crippen molar-refractivity contribution in [3.63, 3.8) is 0 Å². The van der Waals surface area contributed by atoms with E-state index >= 15 is 0 Å². The number of amides is 1. The highest BCUT2D eigenvalue weighted by molar-refractivity contribution is 5.93. The fourth-order valence-electron chi connectivity index (χ4n) is 2.58. The van der Waals surface area contributed by atoms with Crippen LogP contribution in [0, 0.1) is 0 Å². The molecule has 1 aromatic heterocycles. The van der Waals surface area contributed by atoms with E-state index in [2.05, 4.69) is 16.8 Å². The molecule has 0 saturated carbocycles. The van der Waals surface area contributed by atoms with Gasteiger partial charge in [0.1, 0.15) is 0 Å². The summed E-state index contributed by atoms with van der Waals surface area (Å²) in [6, 6.07) is 3.82. The molecule has 0 spiro atoms. The van der Waals surface area contributed by atoms with Gasteiger partial charge in [0.25, 0.3) is 5.91 Å². The summed E-state index contributed by atoms with van der Waals surface area (Å²) in [7, 11) is 0. The van der Waals surface area contributed by atoms with Crippen molar-refractivity contribution >= 4 is 5.91 Å². The molecule has 0 aliphatic carbocycles. The summed E-state index contributed by atoms with van der Waals surface area (Å²) >= 11 is 0. The number of nitrogens with zero attached hydrogens (tertiary/aromatic N) is 3. The molecule has 2 rings (SSSR count). The monoisotopic (exact) mass is 277 g/mol. The Labute approximate surface area is 120 Å². The first-order valence-corrected chi connectivity index (χ1v) is 7.02. The van der Waals surface area contributed by atoms with Gasteiger partial charge in [0.2, 0.25) is 0 Å². The zero-order valence-corrected chi connectivity index (χ0v) is 12.4. The maximum absolute atomic E-state index is 12.4. The third-order valence-electron chi connectivity index (χ3n) is 3.55. The molecule has 1 aliphatic rings. The molecule has 2 heterocycles. The molecule has 1 unspecified atom stereocenters. The Bertz CT molecular complexity index is 456. The molecular weight excluding hydrogens is 254 g/mol. The predicted octanol–water partition coefficient (Wildman–Crippen LogP) is 0.999. The second-order valence-electron chi connectivity index (χ2n) is 6.12. The Balaban J connectivity index is 1.97. The van der Waals surface area contributed by atoms with Crippen LogP contribution < -0.4 is 0 Å². The smallest absolute Gasteiger partial charge is 0.255 e.